The summed E-state index contributed by atoms with van der Waals surface area (Å²) < 4.78 is 1.36. The summed E-state index contributed by atoms with van der Waals surface area (Å²) in [6.45, 7) is 3.90. The Labute approximate surface area is 225 Å². The second kappa shape index (κ2) is 12.9. The van der Waals surface area contributed by atoms with Gasteiger partial charge in [-0.15, -0.1) is 0 Å². The molecular formula is C27H34N6O6. The third-order valence-electron chi connectivity index (χ3n) is 6.08. The standard InChI is InChI=1S/C27H34N6O6/c1-16(2)24(35)17-9-7-11-18-23(17)31-21(28-18)15-33-14-8-12-20(26(33)37)29-25(36)19(30-27(38)39)10-5-6-13-22(34)32(3)4/h6-9,11-14,16,19,24,30,35H,5,10,15H2,1-4H3,(H,28,31)(H,29,36)(H,38,39)/b13-6+/t19-,24?/m0/s1. The van der Waals surface area contributed by atoms with Gasteiger partial charge in [-0.1, -0.05) is 32.1 Å². The van der Waals surface area contributed by atoms with Gasteiger partial charge in [0.25, 0.3) is 5.56 Å². The smallest absolute Gasteiger partial charge is 0.405 e. The Morgan fingerprint density at radius 1 is 1.18 bits per heavy atom. The highest BCUT2D eigenvalue weighted by atomic mass is 16.4. The Kier molecular flexibility index (Phi) is 9.61. The molecule has 12 heteroatoms. The highest BCUT2D eigenvalue weighted by Crippen LogP contribution is 2.27. The number of anilines is 1. The first-order chi connectivity index (χ1) is 18.5. The normalized spacial score (nSPS) is 13.0. The Morgan fingerprint density at radius 3 is 2.59 bits per heavy atom. The number of carbonyl (C=O) groups excluding carboxylic acids is 2. The summed E-state index contributed by atoms with van der Waals surface area (Å²) in [5.74, 6) is -0.447. The van der Waals surface area contributed by atoms with Gasteiger partial charge in [0.2, 0.25) is 11.8 Å². The van der Waals surface area contributed by atoms with Crippen LogP contribution in [0.4, 0.5) is 10.5 Å². The molecule has 0 radical (unpaired) electrons. The van der Waals surface area contributed by atoms with Crippen LogP contribution >= 0.6 is 0 Å². The number of fused-ring (bicyclic) bond motifs is 1. The van der Waals surface area contributed by atoms with E-state index in [1.165, 1.54) is 21.6 Å². The second-order valence-corrected chi connectivity index (χ2v) is 9.67. The zero-order valence-electron chi connectivity index (χ0n) is 22.3. The number of aromatic nitrogens is 3. The zero-order valence-corrected chi connectivity index (χ0v) is 22.3. The Morgan fingerprint density at radius 2 is 1.92 bits per heavy atom. The first kappa shape index (κ1) is 29.1. The molecule has 2 aromatic heterocycles. The van der Waals surface area contributed by atoms with Crippen molar-refractivity contribution in [2.45, 2.75) is 45.4 Å². The minimum absolute atomic E-state index is 0.00494. The number of nitrogens with zero attached hydrogens (tertiary/aromatic N) is 3. The van der Waals surface area contributed by atoms with Crippen LogP contribution in [-0.4, -0.2) is 67.7 Å². The van der Waals surface area contributed by atoms with Crippen molar-refractivity contribution in [3.63, 3.8) is 0 Å². The number of para-hydroxylation sites is 1. The summed E-state index contributed by atoms with van der Waals surface area (Å²) in [4.78, 5) is 58.0. The van der Waals surface area contributed by atoms with Crippen LogP contribution in [0.25, 0.3) is 11.0 Å². The highest BCUT2D eigenvalue weighted by molar-refractivity contribution is 5.96. The number of H-pyrrole nitrogens is 1. The number of pyridine rings is 1. The maximum absolute atomic E-state index is 13.1. The quantitative estimate of drug-likeness (QED) is 0.234. The van der Waals surface area contributed by atoms with Gasteiger partial charge in [0.05, 0.1) is 23.7 Å². The van der Waals surface area contributed by atoms with Gasteiger partial charge in [-0.3, -0.25) is 14.4 Å². The Balaban J connectivity index is 1.76. The number of carboxylic acid groups (broad SMARTS) is 1. The molecule has 5 N–H and O–H groups in total. The summed E-state index contributed by atoms with van der Waals surface area (Å²) in [5.41, 5.74) is 1.51. The van der Waals surface area contributed by atoms with E-state index in [1.807, 2.05) is 32.0 Å². The van der Waals surface area contributed by atoms with E-state index in [-0.39, 0.29) is 36.9 Å². The molecule has 39 heavy (non-hydrogen) atoms. The summed E-state index contributed by atoms with van der Waals surface area (Å²) in [6, 6.07) is 7.35. The Hall–Kier alpha value is -4.45. The molecule has 1 aromatic carbocycles. The number of aromatic amines is 1. The van der Waals surface area contributed by atoms with E-state index in [4.69, 9.17) is 5.11 Å². The molecule has 1 unspecified atom stereocenters. The maximum Gasteiger partial charge on any atom is 0.405 e. The number of aliphatic hydroxyl groups excluding tert-OH is 1. The van der Waals surface area contributed by atoms with Gasteiger partial charge in [0.1, 0.15) is 17.6 Å². The zero-order chi connectivity index (χ0) is 28.7. The lowest BCUT2D eigenvalue weighted by molar-refractivity contribution is -0.123. The molecule has 12 nitrogen and oxygen atoms in total. The monoisotopic (exact) mass is 538 g/mol. The van der Waals surface area contributed by atoms with E-state index in [9.17, 15) is 24.3 Å². The predicted octanol–water partition coefficient (Wildman–Crippen LogP) is 2.46. The van der Waals surface area contributed by atoms with Crippen molar-refractivity contribution < 1.29 is 24.6 Å². The third kappa shape index (κ3) is 7.54. The SMILES string of the molecule is CC(C)C(O)c1cccc2[nH]c(Cn3cccc(NC(=O)[C@H](CC/C=C/C(=O)N(C)C)NC(=O)O)c3=O)nc12. The van der Waals surface area contributed by atoms with Crippen LogP contribution in [0, 0.1) is 5.92 Å². The van der Waals surface area contributed by atoms with Crippen LogP contribution in [0.15, 0.2) is 53.5 Å². The number of aliphatic hydroxyl groups is 1. The lowest BCUT2D eigenvalue weighted by Crippen LogP contribution is -2.44. The molecule has 3 aromatic rings. The largest absolute Gasteiger partial charge is 0.465 e. The van der Waals surface area contributed by atoms with Crippen LogP contribution in [0.3, 0.4) is 0 Å². The first-order valence-corrected chi connectivity index (χ1v) is 12.5. The lowest BCUT2D eigenvalue weighted by atomic mass is 9.98. The topological polar surface area (TPSA) is 170 Å². The van der Waals surface area contributed by atoms with Crippen LogP contribution < -0.4 is 16.2 Å². The number of imidazole rings is 1. The molecule has 3 rings (SSSR count). The summed E-state index contributed by atoms with van der Waals surface area (Å²) >= 11 is 0. The number of hydrogen-bond donors (Lipinski definition) is 5. The van der Waals surface area contributed by atoms with Crippen molar-refractivity contribution in [1.82, 2.24) is 24.8 Å². The van der Waals surface area contributed by atoms with E-state index in [1.54, 1.807) is 32.4 Å². The van der Waals surface area contributed by atoms with Gasteiger partial charge < -0.3 is 35.3 Å². The average molecular weight is 539 g/mol. The number of benzene rings is 1. The Bertz CT molecular complexity index is 1420. The minimum atomic E-state index is -1.39. The molecule has 3 amide bonds. The van der Waals surface area contributed by atoms with Crippen molar-refractivity contribution in [3.05, 3.63) is 70.4 Å². The molecule has 0 aliphatic carbocycles. The van der Waals surface area contributed by atoms with E-state index in [0.717, 1.165) is 5.52 Å². The van der Waals surface area contributed by atoms with E-state index < -0.39 is 29.7 Å². The van der Waals surface area contributed by atoms with Crippen molar-refractivity contribution >= 4 is 34.6 Å². The number of allylic oxidation sites excluding steroid dienone is 1. The molecule has 0 saturated carbocycles. The van der Waals surface area contributed by atoms with Gasteiger partial charge in [-0.25, -0.2) is 9.78 Å². The fraction of sp³-hybridized carbons (Fsp3) is 0.370. The van der Waals surface area contributed by atoms with Gasteiger partial charge in [-0.05, 0) is 43.0 Å². The molecular weight excluding hydrogens is 504 g/mol. The third-order valence-corrected chi connectivity index (χ3v) is 6.08. The van der Waals surface area contributed by atoms with Gasteiger partial charge in [0, 0.05) is 25.9 Å². The number of carbonyl (C=O) groups is 3. The van der Waals surface area contributed by atoms with Gasteiger partial charge >= 0.3 is 6.09 Å². The van der Waals surface area contributed by atoms with Crippen molar-refractivity contribution in [1.29, 1.82) is 0 Å². The number of hydrogen-bond acceptors (Lipinski definition) is 6. The van der Waals surface area contributed by atoms with E-state index in [0.29, 0.717) is 16.9 Å². The highest BCUT2D eigenvalue weighted by Gasteiger charge is 2.22. The maximum atomic E-state index is 13.1. The lowest BCUT2D eigenvalue weighted by Gasteiger charge is -2.16. The average Bonchev–Trinajstić information content (AvgIpc) is 3.29. The number of rotatable bonds is 11. The number of nitrogens with one attached hydrogen (secondary N) is 3. The van der Waals surface area contributed by atoms with Crippen LogP contribution in [-0.2, 0) is 16.1 Å². The van der Waals surface area contributed by atoms with Crippen molar-refractivity contribution in [3.8, 4) is 0 Å². The molecule has 0 spiro atoms. The molecule has 0 bridgehead atoms. The van der Waals surface area contributed by atoms with E-state index >= 15 is 0 Å². The number of amides is 3. The molecule has 0 fully saturated rings. The first-order valence-electron chi connectivity index (χ1n) is 12.5. The summed E-state index contributed by atoms with van der Waals surface area (Å²) in [7, 11) is 3.20. The van der Waals surface area contributed by atoms with Crippen molar-refractivity contribution in [2.75, 3.05) is 19.4 Å². The van der Waals surface area contributed by atoms with Crippen LogP contribution in [0.2, 0.25) is 0 Å². The molecule has 2 heterocycles. The van der Waals surface area contributed by atoms with Crippen LogP contribution in [0.5, 0.6) is 0 Å². The minimum Gasteiger partial charge on any atom is -0.465 e. The molecule has 0 aliphatic heterocycles. The van der Waals surface area contributed by atoms with Crippen molar-refractivity contribution in [2.24, 2.45) is 5.92 Å². The summed E-state index contributed by atoms with van der Waals surface area (Å²) in [5, 5.41) is 24.4. The fourth-order valence-electron chi connectivity index (χ4n) is 3.93. The van der Waals surface area contributed by atoms with Crippen LogP contribution in [0.1, 0.15) is 44.2 Å². The summed E-state index contributed by atoms with van der Waals surface area (Å²) in [6.07, 6.45) is 2.71. The van der Waals surface area contributed by atoms with E-state index in [2.05, 4.69) is 20.6 Å². The molecule has 2 atom stereocenters. The van der Waals surface area contributed by atoms with Gasteiger partial charge in [0.15, 0.2) is 0 Å². The molecule has 208 valence electrons. The second-order valence-electron chi connectivity index (χ2n) is 9.67. The molecule has 0 saturated heterocycles. The van der Waals surface area contributed by atoms with Gasteiger partial charge in [-0.2, -0.15) is 0 Å². The fourth-order valence-corrected chi connectivity index (χ4v) is 3.93. The predicted molar refractivity (Wildman–Crippen MR) is 146 cm³/mol. The number of likely N-dealkylation sites (N-methyl/N-ethyl adjacent to an activating group) is 1. The molecule has 0 aliphatic rings.